The normalized spacial score (nSPS) is 16.3. The van der Waals surface area contributed by atoms with Crippen molar-refractivity contribution in [1.82, 2.24) is 9.38 Å². The fourth-order valence-corrected chi connectivity index (χ4v) is 3.57. The first-order valence-corrected chi connectivity index (χ1v) is 8.89. The molecule has 0 aliphatic heterocycles. The summed E-state index contributed by atoms with van der Waals surface area (Å²) in [5.41, 5.74) is 5.73. The molecule has 3 aromatic rings. The summed E-state index contributed by atoms with van der Waals surface area (Å²) in [5, 5.41) is 2.98. The Balaban J connectivity index is 1.52. The minimum absolute atomic E-state index is 0.0191. The van der Waals surface area contributed by atoms with Gasteiger partial charge in [-0.05, 0) is 62.6 Å². The van der Waals surface area contributed by atoms with E-state index in [9.17, 15) is 9.59 Å². The van der Waals surface area contributed by atoms with E-state index in [0.29, 0.717) is 12.0 Å². The zero-order valence-electron chi connectivity index (χ0n) is 15.0. The average molecular weight is 347 g/mol. The van der Waals surface area contributed by atoms with Crippen molar-refractivity contribution in [3.63, 3.8) is 0 Å². The molecule has 0 saturated carbocycles. The molecular formula is C21H21N3O2. The number of anilines is 1. The van der Waals surface area contributed by atoms with Gasteiger partial charge in [-0.1, -0.05) is 6.07 Å². The smallest absolute Gasteiger partial charge is 0.227 e. The van der Waals surface area contributed by atoms with Gasteiger partial charge in [0.2, 0.25) is 5.91 Å². The summed E-state index contributed by atoms with van der Waals surface area (Å²) < 4.78 is 2.12. The summed E-state index contributed by atoms with van der Waals surface area (Å²) >= 11 is 0. The minimum atomic E-state index is -0.0737. The van der Waals surface area contributed by atoms with Crippen LogP contribution in [0.25, 0.3) is 5.65 Å². The van der Waals surface area contributed by atoms with E-state index >= 15 is 0 Å². The molecule has 1 aliphatic carbocycles. The second kappa shape index (κ2) is 6.41. The number of aryl methyl sites for hydroxylation is 2. The first-order valence-electron chi connectivity index (χ1n) is 8.89. The van der Waals surface area contributed by atoms with Crippen molar-refractivity contribution < 1.29 is 9.59 Å². The van der Waals surface area contributed by atoms with Crippen LogP contribution in [0, 0.1) is 12.8 Å². The van der Waals surface area contributed by atoms with Gasteiger partial charge >= 0.3 is 0 Å². The third kappa shape index (κ3) is 3.01. The second-order valence-corrected chi connectivity index (χ2v) is 7.00. The Morgan fingerprint density at radius 3 is 2.65 bits per heavy atom. The van der Waals surface area contributed by atoms with E-state index in [0.717, 1.165) is 35.6 Å². The number of fused-ring (bicyclic) bond motifs is 3. The van der Waals surface area contributed by atoms with Crippen LogP contribution in [0.4, 0.5) is 5.69 Å². The molecule has 2 aromatic heterocycles. The highest BCUT2D eigenvalue weighted by atomic mass is 16.2. The quantitative estimate of drug-likeness (QED) is 0.737. The molecule has 0 fully saturated rings. The Morgan fingerprint density at radius 2 is 1.92 bits per heavy atom. The molecule has 1 atom stereocenters. The Kier molecular flexibility index (Phi) is 4.07. The zero-order chi connectivity index (χ0) is 18.3. The highest BCUT2D eigenvalue weighted by molar-refractivity contribution is 5.96. The Morgan fingerprint density at radius 1 is 1.15 bits per heavy atom. The van der Waals surface area contributed by atoms with E-state index in [2.05, 4.69) is 28.9 Å². The molecule has 0 saturated heterocycles. The summed E-state index contributed by atoms with van der Waals surface area (Å²) in [6.45, 7) is 3.59. The number of ketones is 1. The van der Waals surface area contributed by atoms with Gasteiger partial charge in [-0.25, -0.2) is 4.98 Å². The molecule has 5 heteroatoms. The Labute approximate surface area is 152 Å². The van der Waals surface area contributed by atoms with Crippen molar-refractivity contribution in [2.45, 2.75) is 33.1 Å². The lowest BCUT2D eigenvalue weighted by Crippen LogP contribution is -2.28. The predicted octanol–water partition coefficient (Wildman–Crippen LogP) is 3.59. The fourth-order valence-electron chi connectivity index (χ4n) is 3.57. The number of pyridine rings is 1. The number of Topliss-reactive ketones (excluding diaryl/α,β-unsaturated/α-hetero) is 1. The number of imidazole rings is 1. The number of nitrogens with one attached hydrogen (secondary N) is 1. The van der Waals surface area contributed by atoms with Crippen LogP contribution in [0.1, 0.15) is 40.7 Å². The van der Waals surface area contributed by atoms with E-state index in [1.54, 1.807) is 24.3 Å². The number of carbonyl (C=O) groups is 2. The molecule has 1 unspecified atom stereocenters. The molecule has 1 aliphatic rings. The van der Waals surface area contributed by atoms with Gasteiger partial charge in [0.05, 0.1) is 5.69 Å². The van der Waals surface area contributed by atoms with Crippen molar-refractivity contribution in [2.24, 2.45) is 5.92 Å². The van der Waals surface area contributed by atoms with E-state index in [4.69, 9.17) is 4.98 Å². The van der Waals surface area contributed by atoms with Crippen molar-refractivity contribution in [3.8, 4) is 0 Å². The van der Waals surface area contributed by atoms with Crippen LogP contribution in [0.3, 0.4) is 0 Å². The summed E-state index contributed by atoms with van der Waals surface area (Å²) in [7, 11) is 0. The topological polar surface area (TPSA) is 63.5 Å². The lowest BCUT2D eigenvalue weighted by molar-refractivity contribution is -0.120. The fraction of sp³-hybridized carbons (Fsp3) is 0.286. The number of benzene rings is 1. The molecule has 5 nitrogen and oxygen atoms in total. The number of amides is 1. The highest BCUT2D eigenvalue weighted by Gasteiger charge is 2.28. The Hall–Kier alpha value is -2.95. The van der Waals surface area contributed by atoms with Gasteiger partial charge in [-0.15, -0.1) is 0 Å². The van der Waals surface area contributed by atoms with Gasteiger partial charge in [0, 0.05) is 35.5 Å². The molecule has 1 N–H and O–H groups in total. The van der Waals surface area contributed by atoms with Gasteiger partial charge in [0.1, 0.15) is 5.65 Å². The number of aromatic nitrogens is 2. The summed E-state index contributed by atoms with van der Waals surface area (Å²) in [6.07, 6.45) is 4.39. The van der Waals surface area contributed by atoms with E-state index < -0.39 is 0 Å². The second-order valence-electron chi connectivity index (χ2n) is 7.00. The van der Waals surface area contributed by atoms with Gasteiger partial charge in [0.15, 0.2) is 5.78 Å². The molecule has 132 valence electrons. The van der Waals surface area contributed by atoms with Crippen molar-refractivity contribution in [2.75, 3.05) is 5.32 Å². The SMILES string of the molecule is CC(=O)c1ccc(NC(=O)C2CCc3nc4ccc(C)cn4c3C2)cc1. The molecule has 2 heterocycles. The average Bonchev–Trinajstić information content (AvgIpc) is 2.99. The number of nitrogens with zero attached hydrogens (tertiary/aromatic N) is 2. The highest BCUT2D eigenvalue weighted by Crippen LogP contribution is 2.27. The number of carbonyl (C=O) groups excluding carboxylic acids is 2. The van der Waals surface area contributed by atoms with Crippen LogP contribution in [0.2, 0.25) is 0 Å². The van der Waals surface area contributed by atoms with Crippen LogP contribution in [-0.4, -0.2) is 21.1 Å². The van der Waals surface area contributed by atoms with E-state index in [1.807, 2.05) is 6.07 Å². The molecule has 26 heavy (non-hydrogen) atoms. The molecule has 0 spiro atoms. The van der Waals surface area contributed by atoms with E-state index in [1.165, 1.54) is 12.5 Å². The number of hydrogen-bond donors (Lipinski definition) is 1. The monoisotopic (exact) mass is 347 g/mol. The first-order chi connectivity index (χ1) is 12.5. The van der Waals surface area contributed by atoms with Crippen molar-refractivity contribution in [3.05, 3.63) is 65.1 Å². The van der Waals surface area contributed by atoms with Gasteiger partial charge in [-0.3, -0.25) is 9.59 Å². The Bertz CT molecular complexity index is 1000. The molecule has 1 amide bonds. The predicted molar refractivity (Wildman–Crippen MR) is 101 cm³/mol. The molecular weight excluding hydrogens is 326 g/mol. The molecule has 0 radical (unpaired) electrons. The van der Waals surface area contributed by atoms with Gasteiger partial charge in [0.25, 0.3) is 0 Å². The molecule has 4 rings (SSSR count). The maximum atomic E-state index is 12.7. The zero-order valence-corrected chi connectivity index (χ0v) is 15.0. The minimum Gasteiger partial charge on any atom is -0.326 e. The van der Waals surface area contributed by atoms with Crippen LogP contribution >= 0.6 is 0 Å². The summed E-state index contributed by atoms with van der Waals surface area (Å²) in [5.74, 6) is -0.0326. The van der Waals surface area contributed by atoms with Crippen LogP contribution in [0.5, 0.6) is 0 Å². The maximum absolute atomic E-state index is 12.7. The largest absolute Gasteiger partial charge is 0.326 e. The van der Waals surface area contributed by atoms with Crippen molar-refractivity contribution >= 4 is 23.0 Å². The number of rotatable bonds is 3. The van der Waals surface area contributed by atoms with Gasteiger partial charge < -0.3 is 9.72 Å². The van der Waals surface area contributed by atoms with E-state index in [-0.39, 0.29) is 17.6 Å². The molecule has 0 bridgehead atoms. The van der Waals surface area contributed by atoms with Crippen LogP contribution in [0.15, 0.2) is 42.6 Å². The van der Waals surface area contributed by atoms with Crippen molar-refractivity contribution in [1.29, 1.82) is 0 Å². The lowest BCUT2D eigenvalue weighted by Gasteiger charge is -2.21. The number of hydrogen-bond acceptors (Lipinski definition) is 3. The first kappa shape index (κ1) is 16.5. The summed E-state index contributed by atoms with van der Waals surface area (Å²) in [4.78, 5) is 28.8. The van der Waals surface area contributed by atoms with Crippen LogP contribution in [-0.2, 0) is 17.6 Å². The maximum Gasteiger partial charge on any atom is 0.227 e. The molecule has 1 aromatic carbocycles. The lowest BCUT2D eigenvalue weighted by atomic mass is 9.89. The van der Waals surface area contributed by atoms with Gasteiger partial charge in [-0.2, -0.15) is 0 Å². The van der Waals surface area contributed by atoms with Crippen LogP contribution < -0.4 is 5.32 Å². The third-order valence-electron chi connectivity index (χ3n) is 5.05. The third-order valence-corrected chi connectivity index (χ3v) is 5.05. The summed E-state index contributed by atoms with van der Waals surface area (Å²) in [6, 6.07) is 11.1. The standard InChI is InChI=1S/C21H21N3O2/c1-13-3-10-20-23-18-9-6-16(11-19(18)24(20)12-13)21(26)22-17-7-4-15(5-8-17)14(2)25/h3-5,7-8,10,12,16H,6,9,11H2,1-2H3,(H,22,26).